The third-order valence-corrected chi connectivity index (χ3v) is 5.78. The Balaban J connectivity index is 1.58. The van der Waals surface area contributed by atoms with Crippen LogP contribution in [0.25, 0.3) is 10.9 Å². The van der Waals surface area contributed by atoms with Crippen molar-refractivity contribution in [2.24, 2.45) is 0 Å². The molecule has 2 heterocycles. The highest BCUT2D eigenvalue weighted by Gasteiger charge is 2.47. The van der Waals surface area contributed by atoms with E-state index in [0.717, 1.165) is 31.1 Å². The van der Waals surface area contributed by atoms with Crippen molar-refractivity contribution < 1.29 is 24.2 Å². The van der Waals surface area contributed by atoms with Gasteiger partial charge in [0.25, 0.3) is 0 Å². The Labute approximate surface area is 150 Å². The van der Waals surface area contributed by atoms with Crippen molar-refractivity contribution in [1.29, 1.82) is 0 Å². The van der Waals surface area contributed by atoms with E-state index in [1.807, 2.05) is 10.9 Å². The van der Waals surface area contributed by atoms with E-state index in [0.29, 0.717) is 17.9 Å². The van der Waals surface area contributed by atoms with Crippen molar-refractivity contribution in [1.82, 2.24) is 14.7 Å². The summed E-state index contributed by atoms with van der Waals surface area (Å²) in [6.45, 7) is 0.454. The summed E-state index contributed by atoms with van der Waals surface area (Å²) in [4.78, 5) is 24.8. The van der Waals surface area contributed by atoms with E-state index >= 15 is 0 Å². The number of carbonyl (C=O) groups is 2. The SMILES string of the molecule is COc1cc2nn(C3CCC4(CC3)COC(=O)N4C)cc2cc1C(=O)O. The zero-order valence-corrected chi connectivity index (χ0v) is 14.8. The van der Waals surface area contributed by atoms with Gasteiger partial charge in [0.1, 0.15) is 17.9 Å². The first kappa shape index (κ1) is 16.7. The Hall–Kier alpha value is -2.77. The number of rotatable bonds is 3. The topological polar surface area (TPSA) is 93.9 Å². The summed E-state index contributed by atoms with van der Waals surface area (Å²) < 4.78 is 12.3. The first-order valence-corrected chi connectivity index (χ1v) is 8.64. The number of hydrogen-bond acceptors (Lipinski definition) is 5. The predicted molar refractivity (Wildman–Crippen MR) is 92.6 cm³/mol. The zero-order chi connectivity index (χ0) is 18.5. The lowest BCUT2D eigenvalue weighted by atomic mass is 9.79. The highest BCUT2D eigenvalue weighted by atomic mass is 16.6. The first-order valence-electron chi connectivity index (χ1n) is 8.64. The van der Waals surface area contributed by atoms with E-state index in [1.54, 1.807) is 24.1 Å². The van der Waals surface area contributed by atoms with Gasteiger partial charge in [0.05, 0.1) is 24.2 Å². The molecule has 2 fully saturated rings. The van der Waals surface area contributed by atoms with Gasteiger partial charge < -0.3 is 19.5 Å². The zero-order valence-electron chi connectivity index (χ0n) is 14.8. The third-order valence-electron chi connectivity index (χ3n) is 5.78. The fourth-order valence-corrected chi connectivity index (χ4v) is 4.06. The fourth-order valence-electron chi connectivity index (χ4n) is 4.06. The lowest BCUT2D eigenvalue weighted by Gasteiger charge is -2.39. The number of carboxylic acid groups (broad SMARTS) is 1. The van der Waals surface area contributed by atoms with Gasteiger partial charge in [0.2, 0.25) is 0 Å². The van der Waals surface area contributed by atoms with Crippen LogP contribution in [0.15, 0.2) is 18.3 Å². The molecule has 0 radical (unpaired) electrons. The molecule has 1 spiro atoms. The molecule has 1 N–H and O–H groups in total. The van der Waals surface area contributed by atoms with E-state index in [9.17, 15) is 14.7 Å². The van der Waals surface area contributed by atoms with E-state index < -0.39 is 5.97 Å². The number of hydrogen-bond donors (Lipinski definition) is 1. The number of aromatic nitrogens is 2. The molecule has 1 aromatic carbocycles. The molecule has 4 rings (SSSR count). The van der Waals surface area contributed by atoms with Crippen molar-refractivity contribution in [3.63, 3.8) is 0 Å². The van der Waals surface area contributed by atoms with Crippen LogP contribution in [0.1, 0.15) is 42.1 Å². The van der Waals surface area contributed by atoms with Crippen molar-refractivity contribution in [2.75, 3.05) is 20.8 Å². The number of cyclic esters (lactones) is 1. The van der Waals surface area contributed by atoms with Crippen molar-refractivity contribution >= 4 is 23.0 Å². The van der Waals surface area contributed by atoms with Crippen LogP contribution in [0.5, 0.6) is 5.75 Å². The van der Waals surface area contributed by atoms with Gasteiger partial charge >= 0.3 is 12.1 Å². The van der Waals surface area contributed by atoms with Crippen LogP contribution in [0.3, 0.4) is 0 Å². The fraction of sp³-hybridized carbons (Fsp3) is 0.500. The Kier molecular flexibility index (Phi) is 3.78. The monoisotopic (exact) mass is 359 g/mol. The van der Waals surface area contributed by atoms with Crippen molar-refractivity contribution in [3.05, 3.63) is 23.9 Å². The number of likely N-dealkylation sites (N-methyl/N-ethyl adjacent to an activating group) is 1. The number of methoxy groups -OCH3 is 1. The highest BCUT2D eigenvalue weighted by Crippen LogP contribution is 2.41. The summed E-state index contributed by atoms with van der Waals surface area (Å²) in [7, 11) is 3.25. The van der Waals surface area contributed by atoms with Crippen LogP contribution in [0.4, 0.5) is 4.79 Å². The number of benzene rings is 1. The van der Waals surface area contributed by atoms with Crippen LogP contribution in [0, 0.1) is 0 Å². The molecule has 8 nitrogen and oxygen atoms in total. The molecular formula is C18H21N3O5. The van der Waals surface area contributed by atoms with Crippen LogP contribution in [-0.2, 0) is 4.74 Å². The number of aromatic carboxylic acids is 1. The maximum absolute atomic E-state index is 11.7. The van der Waals surface area contributed by atoms with Gasteiger partial charge in [-0.05, 0) is 31.7 Å². The minimum atomic E-state index is -1.02. The summed E-state index contributed by atoms with van der Waals surface area (Å²) in [5.41, 5.74) is 0.647. The third kappa shape index (κ3) is 2.48. The van der Waals surface area contributed by atoms with Gasteiger partial charge in [-0.25, -0.2) is 9.59 Å². The summed E-state index contributed by atoms with van der Waals surface area (Å²) in [5, 5.41) is 14.7. The summed E-state index contributed by atoms with van der Waals surface area (Å²) in [5.74, 6) is -0.717. The predicted octanol–water partition coefficient (Wildman–Crippen LogP) is 2.68. The second-order valence-corrected chi connectivity index (χ2v) is 7.09. The number of ether oxygens (including phenoxy) is 2. The normalized spacial score (nSPS) is 25.7. The molecule has 26 heavy (non-hydrogen) atoms. The number of fused-ring (bicyclic) bond motifs is 1. The molecule has 0 atom stereocenters. The second-order valence-electron chi connectivity index (χ2n) is 7.09. The first-order chi connectivity index (χ1) is 12.4. The van der Waals surface area contributed by atoms with Gasteiger partial charge in [-0.3, -0.25) is 4.68 Å². The van der Waals surface area contributed by atoms with Crippen LogP contribution < -0.4 is 4.74 Å². The highest BCUT2D eigenvalue weighted by molar-refractivity contribution is 5.96. The molecule has 1 aromatic heterocycles. The lowest BCUT2D eigenvalue weighted by Crippen LogP contribution is -2.47. The van der Waals surface area contributed by atoms with E-state index in [2.05, 4.69) is 5.10 Å². The molecule has 1 amide bonds. The minimum absolute atomic E-state index is 0.130. The number of carboxylic acids is 1. The van der Waals surface area contributed by atoms with Gasteiger partial charge in [0.15, 0.2) is 0 Å². The molecule has 8 heteroatoms. The van der Waals surface area contributed by atoms with Crippen LogP contribution in [0.2, 0.25) is 0 Å². The van der Waals surface area contributed by atoms with Crippen molar-refractivity contribution in [3.8, 4) is 5.75 Å². The molecule has 1 aliphatic heterocycles. The van der Waals surface area contributed by atoms with Gasteiger partial charge in [-0.2, -0.15) is 5.10 Å². The maximum atomic E-state index is 11.7. The molecular weight excluding hydrogens is 338 g/mol. The summed E-state index contributed by atoms with van der Waals surface area (Å²) in [6, 6.07) is 3.48. The lowest BCUT2D eigenvalue weighted by molar-refractivity contribution is 0.0693. The largest absolute Gasteiger partial charge is 0.496 e. The Morgan fingerprint density at radius 2 is 2.12 bits per heavy atom. The molecule has 1 aliphatic carbocycles. The van der Waals surface area contributed by atoms with E-state index in [1.165, 1.54) is 7.11 Å². The Bertz CT molecular complexity index is 882. The van der Waals surface area contributed by atoms with Crippen molar-refractivity contribution in [2.45, 2.75) is 37.3 Å². The molecule has 0 bridgehead atoms. The Morgan fingerprint density at radius 3 is 2.69 bits per heavy atom. The van der Waals surface area contributed by atoms with Gasteiger partial charge in [0, 0.05) is 24.7 Å². The Morgan fingerprint density at radius 1 is 1.38 bits per heavy atom. The molecule has 1 saturated carbocycles. The molecule has 2 aliphatic rings. The average molecular weight is 359 g/mol. The quantitative estimate of drug-likeness (QED) is 0.905. The molecule has 0 unspecified atom stereocenters. The molecule has 138 valence electrons. The molecule has 1 saturated heterocycles. The smallest absolute Gasteiger partial charge is 0.410 e. The van der Waals surface area contributed by atoms with Crippen LogP contribution >= 0.6 is 0 Å². The molecule has 2 aromatic rings. The van der Waals surface area contributed by atoms with Gasteiger partial charge in [-0.15, -0.1) is 0 Å². The average Bonchev–Trinajstić information content (AvgIpc) is 3.18. The number of carbonyl (C=O) groups excluding carboxylic acids is 1. The maximum Gasteiger partial charge on any atom is 0.410 e. The summed E-state index contributed by atoms with van der Waals surface area (Å²) >= 11 is 0. The van der Waals surface area contributed by atoms with Gasteiger partial charge in [-0.1, -0.05) is 0 Å². The standard InChI is InChI=1S/C18H21N3O5/c1-20-17(24)26-10-18(20)5-3-12(4-6-18)21-9-11-7-13(16(22)23)15(25-2)8-14(11)19-21/h7-9,12H,3-6,10H2,1-2H3,(H,22,23). The van der Waals surface area contributed by atoms with Crippen LogP contribution in [-0.4, -0.2) is 58.2 Å². The second kappa shape index (κ2) is 5.89. The number of amides is 1. The van der Waals surface area contributed by atoms with E-state index in [-0.39, 0.29) is 23.2 Å². The minimum Gasteiger partial charge on any atom is -0.496 e. The van der Waals surface area contributed by atoms with E-state index in [4.69, 9.17) is 9.47 Å². The number of nitrogens with zero attached hydrogens (tertiary/aromatic N) is 3. The summed E-state index contributed by atoms with van der Waals surface area (Å²) in [6.07, 6.45) is 5.14.